The van der Waals surface area contributed by atoms with E-state index in [-0.39, 0.29) is 24.0 Å². The number of carbonyl (C=O) groups is 2. The molecule has 2 heterocycles. The Morgan fingerprint density at radius 1 is 1.22 bits per heavy atom. The Kier molecular flexibility index (Phi) is 4.84. The third kappa shape index (κ3) is 3.42. The summed E-state index contributed by atoms with van der Waals surface area (Å²) in [5.41, 5.74) is 3.72. The van der Waals surface area contributed by atoms with Gasteiger partial charge in [-0.1, -0.05) is 30.3 Å². The van der Waals surface area contributed by atoms with Crippen LogP contribution in [0, 0.1) is 0 Å². The Hall–Kier alpha value is -2.82. The van der Waals surface area contributed by atoms with Crippen LogP contribution in [-0.4, -0.2) is 29.9 Å². The number of hydrogen-bond acceptors (Lipinski definition) is 4. The van der Waals surface area contributed by atoms with Crippen LogP contribution in [0.4, 0.5) is 5.69 Å². The summed E-state index contributed by atoms with van der Waals surface area (Å²) in [6.45, 7) is 2.92. The third-order valence-corrected chi connectivity index (χ3v) is 5.40. The lowest BCUT2D eigenvalue weighted by molar-refractivity contribution is -0.130. The number of rotatable bonds is 4. The van der Waals surface area contributed by atoms with E-state index in [9.17, 15) is 9.59 Å². The number of nitrogens with zero attached hydrogens (tertiary/aromatic N) is 1. The zero-order valence-electron chi connectivity index (χ0n) is 15.5. The normalized spacial score (nSPS) is 21.5. The summed E-state index contributed by atoms with van der Waals surface area (Å²) in [6.07, 6.45) is 2.29. The molecule has 0 unspecified atom stereocenters. The SMILES string of the molecule is CCOC(=O)c1ccc2c(c1)[C@@H](N1CCCC1=O)C[C@@H](c1ccccc1)N2. The Morgan fingerprint density at radius 3 is 2.74 bits per heavy atom. The summed E-state index contributed by atoms with van der Waals surface area (Å²) in [5.74, 6) is -0.127. The molecule has 0 spiro atoms. The molecule has 0 aliphatic carbocycles. The molecule has 2 aromatic rings. The number of benzene rings is 2. The Morgan fingerprint density at radius 2 is 2.04 bits per heavy atom. The second-order valence-electron chi connectivity index (χ2n) is 7.07. The van der Waals surface area contributed by atoms with Gasteiger partial charge >= 0.3 is 5.97 Å². The smallest absolute Gasteiger partial charge is 0.338 e. The standard InChI is InChI=1S/C22H24N2O3/c1-2-27-22(26)16-10-11-18-17(13-16)20(24-12-6-9-21(24)25)14-19(23-18)15-7-4-3-5-8-15/h3-5,7-8,10-11,13,19-20,23H,2,6,9,12,14H2,1H3/t19-,20-/m0/s1. The summed E-state index contributed by atoms with van der Waals surface area (Å²) >= 11 is 0. The van der Waals surface area contributed by atoms with Crippen LogP contribution in [0.15, 0.2) is 48.5 Å². The second-order valence-corrected chi connectivity index (χ2v) is 7.07. The van der Waals surface area contributed by atoms with E-state index >= 15 is 0 Å². The first-order valence-electron chi connectivity index (χ1n) is 9.59. The molecular weight excluding hydrogens is 340 g/mol. The van der Waals surface area contributed by atoms with E-state index in [4.69, 9.17) is 4.74 Å². The quantitative estimate of drug-likeness (QED) is 0.831. The van der Waals surface area contributed by atoms with Gasteiger partial charge in [-0.2, -0.15) is 0 Å². The van der Waals surface area contributed by atoms with E-state index in [2.05, 4.69) is 17.4 Å². The average Bonchev–Trinajstić information content (AvgIpc) is 3.13. The number of amides is 1. The van der Waals surface area contributed by atoms with Crippen LogP contribution >= 0.6 is 0 Å². The van der Waals surface area contributed by atoms with E-state index in [0.717, 1.165) is 30.6 Å². The lowest BCUT2D eigenvalue weighted by Crippen LogP contribution is -2.35. The minimum absolute atomic E-state index is 0.0316. The largest absolute Gasteiger partial charge is 0.462 e. The van der Waals surface area contributed by atoms with Crippen molar-refractivity contribution in [2.24, 2.45) is 0 Å². The molecular formula is C22H24N2O3. The molecule has 0 aromatic heterocycles. The minimum Gasteiger partial charge on any atom is -0.462 e. The summed E-state index contributed by atoms with van der Waals surface area (Å²) < 4.78 is 5.15. The van der Waals surface area contributed by atoms with Gasteiger partial charge in [-0.25, -0.2) is 4.79 Å². The van der Waals surface area contributed by atoms with Gasteiger partial charge in [0.2, 0.25) is 5.91 Å². The fourth-order valence-corrected chi connectivity index (χ4v) is 4.11. The van der Waals surface area contributed by atoms with Crippen molar-refractivity contribution in [3.8, 4) is 0 Å². The predicted molar refractivity (Wildman–Crippen MR) is 104 cm³/mol. The molecule has 5 heteroatoms. The number of esters is 1. The van der Waals surface area contributed by atoms with Gasteiger partial charge in [0.15, 0.2) is 0 Å². The number of ether oxygens (including phenoxy) is 1. The number of likely N-dealkylation sites (tertiary alicyclic amines) is 1. The van der Waals surface area contributed by atoms with Gasteiger partial charge in [-0.15, -0.1) is 0 Å². The third-order valence-electron chi connectivity index (χ3n) is 5.40. The zero-order valence-corrected chi connectivity index (χ0v) is 15.5. The fourth-order valence-electron chi connectivity index (χ4n) is 4.11. The molecule has 27 heavy (non-hydrogen) atoms. The highest BCUT2D eigenvalue weighted by molar-refractivity contribution is 5.90. The Balaban J connectivity index is 1.72. The van der Waals surface area contributed by atoms with Crippen LogP contribution in [0.1, 0.15) is 59.8 Å². The maximum Gasteiger partial charge on any atom is 0.338 e. The lowest BCUT2D eigenvalue weighted by Gasteiger charge is -2.38. The molecule has 2 aliphatic heterocycles. The molecule has 4 rings (SSSR count). The molecule has 2 aromatic carbocycles. The first kappa shape index (κ1) is 17.6. The molecule has 0 bridgehead atoms. The summed E-state index contributed by atoms with van der Waals surface area (Å²) in [6, 6.07) is 16.0. The number of nitrogens with one attached hydrogen (secondary N) is 1. The van der Waals surface area contributed by atoms with Gasteiger partial charge in [0.25, 0.3) is 0 Å². The van der Waals surface area contributed by atoms with E-state index < -0.39 is 0 Å². The molecule has 140 valence electrons. The van der Waals surface area contributed by atoms with Crippen molar-refractivity contribution in [3.05, 3.63) is 65.2 Å². The van der Waals surface area contributed by atoms with Crippen molar-refractivity contribution in [1.82, 2.24) is 4.90 Å². The van der Waals surface area contributed by atoms with Gasteiger partial charge in [-0.05, 0) is 49.1 Å². The molecule has 1 amide bonds. The molecule has 0 radical (unpaired) electrons. The highest BCUT2D eigenvalue weighted by atomic mass is 16.5. The molecule has 0 saturated carbocycles. The van der Waals surface area contributed by atoms with Crippen LogP contribution in [0.25, 0.3) is 0 Å². The monoisotopic (exact) mass is 364 g/mol. The maximum atomic E-state index is 12.5. The van der Waals surface area contributed by atoms with E-state index in [1.54, 1.807) is 13.0 Å². The van der Waals surface area contributed by atoms with Crippen LogP contribution in [0.3, 0.4) is 0 Å². The van der Waals surface area contributed by atoms with E-state index in [1.807, 2.05) is 35.2 Å². The number of fused-ring (bicyclic) bond motifs is 1. The molecule has 5 nitrogen and oxygen atoms in total. The maximum absolute atomic E-state index is 12.5. The topological polar surface area (TPSA) is 58.6 Å². The molecule has 1 N–H and O–H groups in total. The van der Waals surface area contributed by atoms with Gasteiger partial charge in [0, 0.05) is 18.7 Å². The van der Waals surface area contributed by atoms with Gasteiger partial charge in [-0.3, -0.25) is 4.79 Å². The van der Waals surface area contributed by atoms with Gasteiger partial charge < -0.3 is 15.0 Å². The molecule has 2 aliphatic rings. The van der Waals surface area contributed by atoms with E-state index in [1.165, 1.54) is 5.56 Å². The second kappa shape index (κ2) is 7.43. The van der Waals surface area contributed by atoms with E-state index in [0.29, 0.717) is 18.6 Å². The first-order valence-corrected chi connectivity index (χ1v) is 9.59. The number of anilines is 1. The average molecular weight is 364 g/mol. The van der Waals surface area contributed by atoms with Crippen molar-refractivity contribution >= 4 is 17.6 Å². The fraction of sp³-hybridized carbons (Fsp3) is 0.364. The predicted octanol–water partition coefficient (Wildman–Crippen LogP) is 4.08. The van der Waals surface area contributed by atoms with Crippen molar-refractivity contribution in [2.75, 3.05) is 18.5 Å². The summed E-state index contributed by atoms with van der Waals surface area (Å²) in [7, 11) is 0. The zero-order chi connectivity index (χ0) is 18.8. The lowest BCUT2D eigenvalue weighted by atomic mass is 9.87. The van der Waals surface area contributed by atoms with Crippen molar-refractivity contribution in [3.63, 3.8) is 0 Å². The van der Waals surface area contributed by atoms with Crippen molar-refractivity contribution in [2.45, 2.75) is 38.3 Å². The highest BCUT2D eigenvalue weighted by Gasteiger charge is 2.36. The molecule has 1 saturated heterocycles. The van der Waals surface area contributed by atoms with Crippen molar-refractivity contribution in [1.29, 1.82) is 0 Å². The van der Waals surface area contributed by atoms with Gasteiger partial charge in [0.1, 0.15) is 0 Å². The summed E-state index contributed by atoms with van der Waals surface area (Å²) in [5, 5.41) is 3.59. The number of carbonyl (C=O) groups excluding carboxylic acids is 2. The van der Waals surface area contributed by atoms with Crippen LogP contribution in [0.5, 0.6) is 0 Å². The van der Waals surface area contributed by atoms with Crippen LogP contribution < -0.4 is 5.32 Å². The Bertz CT molecular complexity index is 850. The summed E-state index contributed by atoms with van der Waals surface area (Å²) in [4.78, 5) is 26.6. The highest BCUT2D eigenvalue weighted by Crippen LogP contribution is 2.43. The Labute approximate surface area is 159 Å². The van der Waals surface area contributed by atoms with Crippen LogP contribution in [0.2, 0.25) is 0 Å². The molecule has 2 atom stereocenters. The van der Waals surface area contributed by atoms with Gasteiger partial charge in [0.05, 0.1) is 24.3 Å². The minimum atomic E-state index is -0.322. The molecule has 1 fully saturated rings. The van der Waals surface area contributed by atoms with Crippen LogP contribution in [-0.2, 0) is 9.53 Å². The van der Waals surface area contributed by atoms with Crippen molar-refractivity contribution < 1.29 is 14.3 Å². The number of hydrogen-bond donors (Lipinski definition) is 1. The first-order chi connectivity index (χ1) is 13.2.